The molecule has 3 rings (SSSR count). The van der Waals surface area contributed by atoms with Gasteiger partial charge in [0.05, 0.1) is 6.20 Å². The summed E-state index contributed by atoms with van der Waals surface area (Å²) in [6.45, 7) is 0.963. The SMILES string of the molecule is O=C(NCC[C@H]1COc2ccccc2O1)c1cnco1. The number of benzene rings is 1. The molecule has 20 heavy (non-hydrogen) atoms. The first kappa shape index (κ1) is 12.5. The monoisotopic (exact) mass is 274 g/mol. The highest BCUT2D eigenvalue weighted by molar-refractivity contribution is 5.90. The molecule has 1 aliphatic rings. The van der Waals surface area contributed by atoms with Crippen LogP contribution in [-0.4, -0.2) is 30.1 Å². The molecule has 1 atom stereocenters. The Bertz CT molecular complexity index is 583. The predicted molar refractivity (Wildman–Crippen MR) is 69.8 cm³/mol. The van der Waals surface area contributed by atoms with Crippen LogP contribution in [0.25, 0.3) is 0 Å². The van der Waals surface area contributed by atoms with Crippen LogP contribution in [0, 0.1) is 0 Å². The molecule has 2 aromatic rings. The molecule has 6 heteroatoms. The summed E-state index contributed by atoms with van der Waals surface area (Å²) < 4.78 is 16.3. The van der Waals surface area contributed by atoms with Crippen LogP contribution >= 0.6 is 0 Å². The summed E-state index contributed by atoms with van der Waals surface area (Å²) in [4.78, 5) is 15.3. The number of ether oxygens (including phenoxy) is 2. The standard InChI is InChI=1S/C14H14N2O4/c17-14(13-7-15-9-19-13)16-6-5-10-8-18-11-3-1-2-4-12(11)20-10/h1-4,7,9-10H,5-6,8H2,(H,16,17)/t10-/m0/s1. The Morgan fingerprint density at radius 1 is 1.35 bits per heavy atom. The number of fused-ring (bicyclic) bond motifs is 1. The van der Waals surface area contributed by atoms with E-state index in [2.05, 4.69) is 10.3 Å². The van der Waals surface area contributed by atoms with Gasteiger partial charge in [0.2, 0.25) is 5.76 Å². The summed E-state index contributed by atoms with van der Waals surface area (Å²) in [5.74, 6) is 1.43. The van der Waals surface area contributed by atoms with E-state index in [4.69, 9.17) is 13.9 Å². The Kier molecular flexibility index (Phi) is 3.54. The molecule has 1 amide bonds. The number of carbonyl (C=O) groups excluding carboxylic acids is 1. The van der Waals surface area contributed by atoms with E-state index in [1.54, 1.807) is 0 Å². The summed E-state index contributed by atoms with van der Waals surface area (Å²) in [5, 5.41) is 2.75. The topological polar surface area (TPSA) is 73.6 Å². The molecule has 104 valence electrons. The minimum absolute atomic E-state index is 0.0695. The van der Waals surface area contributed by atoms with Gasteiger partial charge in [0.25, 0.3) is 5.91 Å². The molecule has 1 aromatic heterocycles. The molecule has 0 aliphatic carbocycles. The van der Waals surface area contributed by atoms with E-state index in [9.17, 15) is 4.79 Å². The van der Waals surface area contributed by atoms with Gasteiger partial charge in [-0.2, -0.15) is 0 Å². The fourth-order valence-corrected chi connectivity index (χ4v) is 1.97. The van der Waals surface area contributed by atoms with Crippen molar-refractivity contribution in [1.29, 1.82) is 0 Å². The van der Waals surface area contributed by atoms with Gasteiger partial charge in [-0.15, -0.1) is 0 Å². The Morgan fingerprint density at radius 3 is 3.00 bits per heavy atom. The fourth-order valence-electron chi connectivity index (χ4n) is 1.97. The number of rotatable bonds is 4. The number of nitrogens with one attached hydrogen (secondary N) is 1. The van der Waals surface area contributed by atoms with Crippen molar-refractivity contribution in [3.8, 4) is 11.5 Å². The van der Waals surface area contributed by atoms with Gasteiger partial charge in [-0.1, -0.05) is 12.1 Å². The summed E-state index contributed by atoms with van der Waals surface area (Å²) in [6.07, 6.45) is 3.20. The summed E-state index contributed by atoms with van der Waals surface area (Å²) in [6, 6.07) is 7.54. The van der Waals surface area contributed by atoms with Gasteiger partial charge in [-0.05, 0) is 12.1 Å². The van der Waals surface area contributed by atoms with Crippen LogP contribution in [0.3, 0.4) is 0 Å². The van der Waals surface area contributed by atoms with Gasteiger partial charge >= 0.3 is 0 Å². The number of hydrogen-bond acceptors (Lipinski definition) is 5. The lowest BCUT2D eigenvalue weighted by Crippen LogP contribution is -2.34. The molecule has 0 unspecified atom stereocenters. The quantitative estimate of drug-likeness (QED) is 0.917. The molecular weight excluding hydrogens is 260 g/mol. The molecule has 0 bridgehead atoms. The number of amides is 1. The third-order valence-corrected chi connectivity index (χ3v) is 2.98. The minimum Gasteiger partial charge on any atom is -0.486 e. The third-order valence-electron chi connectivity index (χ3n) is 2.98. The van der Waals surface area contributed by atoms with E-state index in [-0.39, 0.29) is 17.8 Å². The van der Waals surface area contributed by atoms with E-state index < -0.39 is 0 Å². The van der Waals surface area contributed by atoms with Crippen molar-refractivity contribution >= 4 is 5.91 Å². The smallest absolute Gasteiger partial charge is 0.288 e. The lowest BCUT2D eigenvalue weighted by atomic mass is 10.2. The van der Waals surface area contributed by atoms with E-state index in [1.807, 2.05) is 24.3 Å². The first-order chi connectivity index (χ1) is 9.83. The average Bonchev–Trinajstić information content (AvgIpc) is 3.01. The zero-order valence-electron chi connectivity index (χ0n) is 10.7. The average molecular weight is 274 g/mol. The van der Waals surface area contributed by atoms with Crippen LogP contribution < -0.4 is 14.8 Å². The second-order valence-corrected chi connectivity index (χ2v) is 4.41. The number of aromatic nitrogens is 1. The van der Waals surface area contributed by atoms with Gasteiger partial charge in [-0.3, -0.25) is 4.79 Å². The van der Waals surface area contributed by atoms with Crippen LogP contribution in [0.15, 0.2) is 41.3 Å². The van der Waals surface area contributed by atoms with E-state index in [0.29, 0.717) is 19.6 Å². The number of nitrogens with zero attached hydrogens (tertiary/aromatic N) is 1. The van der Waals surface area contributed by atoms with Gasteiger partial charge in [-0.25, -0.2) is 4.98 Å². The predicted octanol–water partition coefficient (Wildman–Crippen LogP) is 1.63. The minimum atomic E-state index is -0.278. The van der Waals surface area contributed by atoms with Gasteiger partial charge in [0.1, 0.15) is 12.7 Å². The highest BCUT2D eigenvalue weighted by Gasteiger charge is 2.20. The highest BCUT2D eigenvalue weighted by Crippen LogP contribution is 2.31. The molecule has 0 spiro atoms. The maximum atomic E-state index is 11.6. The molecule has 1 aliphatic heterocycles. The Labute approximate surface area is 115 Å². The molecule has 0 saturated heterocycles. The maximum Gasteiger partial charge on any atom is 0.288 e. The van der Waals surface area contributed by atoms with Gasteiger partial charge in [0.15, 0.2) is 17.9 Å². The summed E-state index contributed by atoms with van der Waals surface area (Å²) in [5.41, 5.74) is 0. The van der Waals surface area contributed by atoms with Gasteiger partial charge in [0, 0.05) is 13.0 Å². The van der Waals surface area contributed by atoms with Crippen molar-refractivity contribution in [1.82, 2.24) is 10.3 Å². The van der Waals surface area contributed by atoms with Crippen molar-refractivity contribution in [3.63, 3.8) is 0 Å². The number of oxazole rings is 1. The van der Waals surface area contributed by atoms with Crippen molar-refractivity contribution in [2.75, 3.05) is 13.2 Å². The number of para-hydroxylation sites is 2. The Morgan fingerprint density at radius 2 is 2.20 bits per heavy atom. The zero-order valence-corrected chi connectivity index (χ0v) is 10.7. The number of carbonyl (C=O) groups is 1. The Hall–Kier alpha value is -2.50. The first-order valence-electron chi connectivity index (χ1n) is 6.38. The van der Waals surface area contributed by atoms with Crippen molar-refractivity contribution in [2.45, 2.75) is 12.5 Å². The maximum absolute atomic E-state index is 11.6. The molecule has 2 heterocycles. The van der Waals surface area contributed by atoms with Crippen LogP contribution in [0.2, 0.25) is 0 Å². The molecule has 0 saturated carbocycles. The lowest BCUT2D eigenvalue weighted by Gasteiger charge is -2.26. The van der Waals surface area contributed by atoms with Crippen LogP contribution in [0.5, 0.6) is 11.5 Å². The first-order valence-corrected chi connectivity index (χ1v) is 6.38. The molecule has 0 fully saturated rings. The zero-order chi connectivity index (χ0) is 13.8. The summed E-state index contributed by atoms with van der Waals surface area (Å²) >= 11 is 0. The van der Waals surface area contributed by atoms with Crippen molar-refractivity contribution in [2.24, 2.45) is 0 Å². The van der Waals surface area contributed by atoms with Crippen LogP contribution in [0.1, 0.15) is 17.0 Å². The molecule has 0 radical (unpaired) electrons. The van der Waals surface area contributed by atoms with Crippen LogP contribution in [-0.2, 0) is 0 Å². The highest BCUT2D eigenvalue weighted by atomic mass is 16.6. The van der Waals surface area contributed by atoms with Gasteiger partial charge < -0.3 is 19.2 Å². The van der Waals surface area contributed by atoms with E-state index >= 15 is 0 Å². The lowest BCUT2D eigenvalue weighted by molar-refractivity contribution is 0.0804. The largest absolute Gasteiger partial charge is 0.486 e. The molecule has 1 N–H and O–H groups in total. The number of hydrogen-bond donors (Lipinski definition) is 1. The van der Waals surface area contributed by atoms with Crippen LogP contribution in [0.4, 0.5) is 0 Å². The fraction of sp³-hybridized carbons (Fsp3) is 0.286. The molecule has 6 nitrogen and oxygen atoms in total. The van der Waals surface area contributed by atoms with E-state index in [0.717, 1.165) is 11.5 Å². The van der Waals surface area contributed by atoms with Crippen molar-refractivity contribution < 1.29 is 18.7 Å². The third kappa shape index (κ3) is 2.74. The van der Waals surface area contributed by atoms with E-state index in [1.165, 1.54) is 12.6 Å². The summed E-state index contributed by atoms with van der Waals surface area (Å²) in [7, 11) is 0. The normalized spacial score (nSPS) is 16.7. The molecular formula is C14H14N2O4. The Balaban J connectivity index is 1.47. The second kappa shape index (κ2) is 5.64. The molecule has 1 aromatic carbocycles. The second-order valence-electron chi connectivity index (χ2n) is 4.41. The van der Waals surface area contributed by atoms with Crippen molar-refractivity contribution in [3.05, 3.63) is 42.6 Å².